The SMILES string of the molecule is N=C(N)c1ccc(Oc2ccc(F)c(Cl)c2)cc1. The van der Waals surface area contributed by atoms with Crippen LogP contribution in [0.4, 0.5) is 4.39 Å². The lowest BCUT2D eigenvalue weighted by Crippen LogP contribution is -2.10. The second kappa shape index (κ2) is 5.06. The third kappa shape index (κ3) is 2.78. The average Bonchev–Trinajstić information content (AvgIpc) is 2.34. The molecule has 0 amide bonds. The van der Waals surface area contributed by atoms with Crippen molar-refractivity contribution in [1.82, 2.24) is 0 Å². The smallest absolute Gasteiger partial charge is 0.142 e. The molecule has 0 bridgehead atoms. The molecule has 0 radical (unpaired) electrons. The molecule has 2 aromatic carbocycles. The molecule has 5 heteroatoms. The Morgan fingerprint density at radius 1 is 1.11 bits per heavy atom. The van der Waals surface area contributed by atoms with E-state index in [0.717, 1.165) is 0 Å². The molecule has 18 heavy (non-hydrogen) atoms. The largest absolute Gasteiger partial charge is 0.457 e. The summed E-state index contributed by atoms with van der Waals surface area (Å²) in [7, 11) is 0. The molecule has 3 nitrogen and oxygen atoms in total. The summed E-state index contributed by atoms with van der Waals surface area (Å²) in [6, 6.07) is 10.8. The van der Waals surface area contributed by atoms with Gasteiger partial charge in [0.15, 0.2) is 0 Å². The standard InChI is InChI=1S/C13H10ClFN2O/c14-11-7-10(5-6-12(11)15)18-9-3-1-8(2-4-9)13(16)17/h1-7H,(H3,16,17). The van der Waals surface area contributed by atoms with Gasteiger partial charge in [-0.2, -0.15) is 0 Å². The predicted molar refractivity (Wildman–Crippen MR) is 68.9 cm³/mol. The average molecular weight is 265 g/mol. The third-order valence-corrected chi connectivity index (χ3v) is 2.58. The second-order valence-electron chi connectivity index (χ2n) is 3.62. The Hall–Kier alpha value is -2.07. The van der Waals surface area contributed by atoms with Gasteiger partial charge in [-0.3, -0.25) is 5.41 Å². The van der Waals surface area contributed by atoms with Gasteiger partial charge in [0.1, 0.15) is 23.2 Å². The van der Waals surface area contributed by atoms with Crippen LogP contribution in [0.15, 0.2) is 42.5 Å². The molecule has 0 fully saturated rings. The van der Waals surface area contributed by atoms with Crippen molar-refractivity contribution < 1.29 is 9.13 Å². The minimum absolute atomic E-state index is 0.00727. The Kier molecular flexibility index (Phi) is 3.48. The van der Waals surface area contributed by atoms with Crippen LogP contribution in [-0.2, 0) is 0 Å². The number of benzene rings is 2. The van der Waals surface area contributed by atoms with Crippen LogP contribution in [0.3, 0.4) is 0 Å². The van der Waals surface area contributed by atoms with Crippen LogP contribution < -0.4 is 10.5 Å². The van der Waals surface area contributed by atoms with E-state index in [0.29, 0.717) is 17.1 Å². The van der Waals surface area contributed by atoms with E-state index in [1.54, 1.807) is 24.3 Å². The summed E-state index contributed by atoms with van der Waals surface area (Å²) in [6.45, 7) is 0. The normalized spacial score (nSPS) is 10.1. The minimum Gasteiger partial charge on any atom is -0.457 e. The van der Waals surface area contributed by atoms with Crippen molar-refractivity contribution in [1.29, 1.82) is 5.41 Å². The van der Waals surface area contributed by atoms with Gasteiger partial charge in [0.2, 0.25) is 0 Å². The Morgan fingerprint density at radius 3 is 2.28 bits per heavy atom. The fourth-order valence-electron chi connectivity index (χ4n) is 1.38. The number of halogens is 2. The summed E-state index contributed by atoms with van der Waals surface area (Å²) in [5.74, 6) is 0.502. The predicted octanol–water partition coefficient (Wildman–Crippen LogP) is 3.56. The number of amidine groups is 1. The molecule has 0 atom stereocenters. The lowest BCUT2D eigenvalue weighted by atomic mass is 10.2. The van der Waals surface area contributed by atoms with Crippen molar-refractivity contribution in [3.63, 3.8) is 0 Å². The first kappa shape index (κ1) is 12.4. The van der Waals surface area contributed by atoms with Crippen LogP contribution in [0.1, 0.15) is 5.56 Å². The van der Waals surface area contributed by atoms with Gasteiger partial charge in [-0.1, -0.05) is 11.6 Å². The highest BCUT2D eigenvalue weighted by molar-refractivity contribution is 6.30. The van der Waals surface area contributed by atoms with Crippen molar-refractivity contribution in [2.75, 3.05) is 0 Å². The van der Waals surface area contributed by atoms with E-state index in [9.17, 15) is 4.39 Å². The highest BCUT2D eigenvalue weighted by atomic mass is 35.5. The molecular formula is C13H10ClFN2O. The van der Waals surface area contributed by atoms with E-state index < -0.39 is 5.82 Å². The van der Waals surface area contributed by atoms with E-state index in [2.05, 4.69) is 0 Å². The topological polar surface area (TPSA) is 59.1 Å². The van der Waals surface area contributed by atoms with Gasteiger partial charge >= 0.3 is 0 Å². The number of nitrogens with one attached hydrogen (secondary N) is 1. The summed E-state index contributed by atoms with van der Waals surface area (Å²) in [4.78, 5) is 0. The third-order valence-electron chi connectivity index (χ3n) is 2.29. The van der Waals surface area contributed by atoms with Crippen LogP contribution in [0.2, 0.25) is 5.02 Å². The summed E-state index contributed by atoms with van der Waals surface area (Å²) < 4.78 is 18.4. The Balaban J connectivity index is 2.18. The van der Waals surface area contributed by atoms with Crippen molar-refractivity contribution in [2.45, 2.75) is 0 Å². The summed E-state index contributed by atoms with van der Waals surface area (Å²) >= 11 is 5.65. The molecule has 3 N–H and O–H groups in total. The van der Waals surface area contributed by atoms with Gasteiger partial charge in [-0.15, -0.1) is 0 Å². The summed E-state index contributed by atoms with van der Waals surface area (Å²) in [5.41, 5.74) is 5.95. The summed E-state index contributed by atoms with van der Waals surface area (Å²) in [5, 5.41) is 7.26. The van der Waals surface area contributed by atoms with E-state index in [4.69, 9.17) is 27.5 Å². The highest BCUT2D eigenvalue weighted by Crippen LogP contribution is 2.26. The molecule has 0 saturated carbocycles. The molecule has 0 aliphatic rings. The van der Waals surface area contributed by atoms with E-state index in [-0.39, 0.29) is 10.9 Å². The molecule has 0 aliphatic carbocycles. The van der Waals surface area contributed by atoms with Gasteiger partial charge in [0.25, 0.3) is 0 Å². The van der Waals surface area contributed by atoms with Gasteiger partial charge in [0, 0.05) is 11.6 Å². The zero-order valence-corrected chi connectivity index (χ0v) is 10.0. The van der Waals surface area contributed by atoms with Crippen LogP contribution >= 0.6 is 11.6 Å². The van der Waals surface area contributed by atoms with Crippen LogP contribution in [0.25, 0.3) is 0 Å². The fourth-order valence-corrected chi connectivity index (χ4v) is 1.55. The molecular weight excluding hydrogens is 255 g/mol. The highest BCUT2D eigenvalue weighted by Gasteiger charge is 2.03. The van der Waals surface area contributed by atoms with Gasteiger partial charge in [-0.25, -0.2) is 4.39 Å². The number of hydrogen-bond donors (Lipinski definition) is 2. The van der Waals surface area contributed by atoms with Gasteiger partial charge < -0.3 is 10.5 Å². The number of hydrogen-bond acceptors (Lipinski definition) is 2. The number of ether oxygens (including phenoxy) is 1. The molecule has 2 aromatic rings. The number of nitrogen functional groups attached to an aromatic ring is 1. The van der Waals surface area contributed by atoms with E-state index in [1.165, 1.54) is 18.2 Å². The number of nitrogens with two attached hydrogens (primary N) is 1. The Bertz CT molecular complexity index is 584. The van der Waals surface area contributed by atoms with Crippen LogP contribution in [0, 0.1) is 11.2 Å². The molecule has 0 saturated heterocycles. The molecule has 0 aliphatic heterocycles. The van der Waals surface area contributed by atoms with Crippen LogP contribution in [0.5, 0.6) is 11.5 Å². The minimum atomic E-state index is -0.490. The van der Waals surface area contributed by atoms with Crippen LogP contribution in [-0.4, -0.2) is 5.84 Å². The monoisotopic (exact) mass is 264 g/mol. The van der Waals surface area contributed by atoms with Gasteiger partial charge in [-0.05, 0) is 36.4 Å². The molecule has 0 unspecified atom stereocenters. The van der Waals surface area contributed by atoms with Crippen molar-refractivity contribution in [2.24, 2.45) is 5.73 Å². The molecule has 0 spiro atoms. The molecule has 0 heterocycles. The van der Waals surface area contributed by atoms with Crippen molar-refractivity contribution in [3.05, 3.63) is 58.9 Å². The quantitative estimate of drug-likeness (QED) is 0.658. The first-order valence-corrected chi connectivity index (χ1v) is 5.51. The second-order valence-corrected chi connectivity index (χ2v) is 4.02. The van der Waals surface area contributed by atoms with Gasteiger partial charge in [0.05, 0.1) is 5.02 Å². The first-order valence-electron chi connectivity index (χ1n) is 5.13. The zero-order chi connectivity index (χ0) is 13.1. The van der Waals surface area contributed by atoms with E-state index in [1.807, 2.05) is 0 Å². The van der Waals surface area contributed by atoms with Crippen molar-refractivity contribution >= 4 is 17.4 Å². The zero-order valence-electron chi connectivity index (χ0n) is 9.28. The van der Waals surface area contributed by atoms with E-state index >= 15 is 0 Å². The maximum Gasteiger partial charge on any atom is 0.142 e. The fraction of sp³-hybridized carbons (Fsp3) is 0. The Labute approximate surface area is 108 Å². The molecule has 0 aromatic heterocycles. The summed E-state index contributed by atoms with van der Waals surface area (Å²) in [6.07, 6.45) is 0. The maximum atomic E-state index is 13.0. The lowest BCUT2D eigenvalue weighted by Gasteiger charge is -2.07. The molecule has 2 rings (SSSR count). The Morgan fingerprint density at radius 2 is 1.72 bits per heavy atom. The lowest BCUT2D eigenvalue weighted by molar-refractivity contribution is 0.480. The first-order chi connectivity index (χ1) is 8.56. The number of rotatable bonds is 3. The molecule has 92 valence electrons. The van der Waals surface area contributed by atoms with Crippen molar-refractivity contribution in [3.8, 4) is 11.5 Å². The maximum absolute atomic E-state index is 13.0.